The molecule has 2 heterocycles. The Bertz CT molecular complexity index is 662. The van der Waals surface area contributed by atoms with Gasteiger partial charge in [0.1, 0.15) is 5.82 Å². The smallest absolute Gasteiger partial charge is 0.156 e. The van der Waals surface area contributed by atoms with Crippen LogP contribution in [0.5, 0.6) is 0 Å². The van der Waals surface area contributed by atoms with Crippen molar-refractivity contribution >= 4 is 16.9 Å². The number of nitrogens with one attached hydrogen (secondary N) is 2. The molecule has 1 aromatic carbocycles. The van der Waals surface area contributed by atoms with Crippen molar-refractivity contribution in [2.45, 2.75) is 26.2 Å². The second kappa shape index (κ2) is 4.76. The SMILES string of the molecule is CCCCc1[nH]nc(N)c1-c1nc2ccccc2[nH]1. The summed E-state index contributed by atoms with van der Waals surface area (Å²) in [5.41, 5.74) is 9.88. The number of unbranched alkanes of at least 4 members (excludes halogenated alkanes) is 1. The van der Waals surface area contributed by atoms with E-state index in [1.165, 1.54) is 0 Å². The molecule has 0 saturated heterocycles. The van der Waals surface area contributed by atoms with Crippen molar-refractivity contribution in [1.82, 2.24) is 20.2 Å². The molecule has 2 aromatic heterocycles. The van der Waals surface area contributed by atoms with E-state index >= 15 is 0 Å². The maximum atomic E-state index is 5.96. The highest BCUT2D eigenvalue weighted by atomic mass is 15.2. The predicted octanol–water partition coefficient (Wildman–Crippen LogP) is 2.88. The summed E-state index contributed by atoms with van der Waals surface area (Å²) in [6.07, 6.45) is 3.18. The number of rotatable bonds is 4. The summed E-state index contributed by atoms with van der Waals surface area (Å²) < 4.78 is 0. The van der Waals surface area contributed by atoms with Crippen LogP contribution in [0.15, 0.2) is 24.3 Å². The number of H-pyrrole nitrogens is 2. The van der Waals surface area contributed by atoms with Crippen LogP contribution < -0.4 is 5.73 Å². The fraction of sp³-hybridized carbons (Fsp3) is 0.286. The maximum absolute atomic E-state index is 5.96. The highest BCUT2D eigenvalue weighted by Crippen LogP contribution is 2.28. The van der Waals surface area contributed by atoms with Crippen LogP contribution in [-0.2, 0) is 6.42 Å². The van der Waals surface area contributed by atoms with Gasteiger partial charge in [-0.3, -0.25) is 5.10 Å². The standard InChI is InChI=1S/C14H17N5/c1-2-3-6-11-12(13(15)19-18-11)14-16-9-7-4-5-8-10(9)17-14/h4-5,7-8H,2-3,6H2,1H3,(H,16,17)(H3,15,18,19). The average molecular weight is 255 g/mol. The first-order valence-corrected chi connectivity index (χ1v) is 6.57. The zero-order valence-corrected chi connectivity index (χ0v) is 10.9. The lowest BCUT2D eigenvalue weighted by molar-refractivity contribution is 0.772. The first kappa shape index (κ1) is 11.8. The van der Waals surface area contributed by atoms with Gasteiger partial charge in [0.2, 0.25) is 0 Å². The van der Waals surface area contributed by atoms with Gasteiger partial charge >= 0.3 is 0 Å². The molecule has 0 bridgehead atoms. The van der Waals surface area contributed by atoms with Crippen LogP contribution in [0.1, 0.15) is 25.5 Å². The van der Waals surface area contributed by atoms with Crippen molar-refractivity contribution in [1.29, 1.82) is 0 Å². The molecule has 5 heteroatoms. The lowest BCUT2D eigenvalue weighted by Crippen LogP contribution is -1.93. The van der Waals surface area contributed by atoms with E-state index in [1.807, 2.05) is 24.3 Å². The summed E-state index contributed by atoms with van der Waals surface area (Å²) >= 11 is 0. The van der Waals surface area contributed by atoms with E-state index in [1.54, 1.807) is 0 Å². The molecule has 3 aromatic rings. The minimum atomic E-state index is 0.505. The van der Waals surface area contributed by atoms with E-state index in [9.17, 15) is 0 Å². The summed E-state index contributed by atoms with van der Waals surface area (Å²) in [5.74, 6) is 1.30. The highest BCUT2D eigenvalue weighted by Gasteiger charge is 2.16. The van der Waals surface area contributed by atoms with Crippen LogP contribution in [0.4, 0.5) is 5.82 Å². The van der Waals surface area contributed by atoms with Crippen molar-refractivity contribution in [3.63, 3.8) is 0 Å². The molecule has 5 nitrogen and oxygen atoms in total. The third-order valence-corrected chi connectivity index (χ3v) is 3.28. The first-order chi connectivity index (χ1) is 9.29. The minimum Gasteiger partial charge on any atom is -0.382 e. The Morgan fingerprint density at radius 2 is 2.11 bits per heavy atom. The van der Waals surface area contributed by atoms with Crippen LogP contribution in [0.2, 0.25) is 0 Å². The molecule has 0 radical (unpaired) electrons. The lowest BCUT2D eigenvalue weighted by Gasteiger charge is -2.00. The van der Waals surface area contributed by atoms with Crippen LogP contribution in [0.3, 0.4) is 0 Å². The number of anilines is 1. The summed E-state index contributed by atoms with van der Waals surface area (Å²) in [6, 6.07) is 7.95. The molecule has 0 fully saturated rings. The number of fused-ring (bicyclic) bond motifs is 1. The first-order valence-electron chi connectivity index (χ1n) is 6.57. The number of hydrogen-bond donors (Lipinski definition) is 3. The van der Waals surface area contributed by atoms with E-state index in [4.69, 9.17) is 5.73 Å². The zero-order chi connectivity index (χ0) is 13.2. The van der Waals surface area contributed by atoms with Gasteiger partial charge in [-0.05, 0) is 25.0 Å². The van der Waals surface area contributed by atoms with Crippen LogP contribution in [0.25, 0.3) is 22.4 Å². The van der Waals surface area contributed by atoms with Crippen LogP contribution >= 0.6 is 0 Å². The van der Waals surface area contributed by atoms with E-state index in [0.717, 1.165) is 47.4 Å². The monoisotopic (exact) mass is 255 g/mol. The Hall–Kier alpha value is -2.30. The number of aromatic amines is 2. The quantitative estimate of drug-likeness (QED) is 0.670. The second-order valence-corrected chi connectivity index (χ2v) is 4.67. The van der Waals surface area contributed by atoms with Crippen molar-refractivity contribution in [2.75, 3.05) is 5.73 Å². The van der Waals surface area contributed by atoms with Gasteiger partial charge in [-0.15, -0.1) is 0 Å². The minimum absolute atomic E-state index is 0.505. The number of aryl methyl sites for hydroxylation is 1. The molecule has 0 spiro atoms. The molecule has 19 heavy (non-hydrogen) atoms. The van der Waals surface area contributed by atoms with E-state index in [0.29, 0.717) is 5.82 Å². The van der Waals surface area contributed by atoms with Gasteiger partial charge in [0, 0.05) is 5.69 Å². The van der Waals surface area contributed by atoms with Crippen molar-refractivity contribution in [3.8, 4) is 11.4 Å². The molecule has 4 N–H and O–H groups in total. The fourth-order valence-electron chi connectivity index (χ4n) is 2.26. The topological polar surface area (TPSA) is 83.4 Å². The van der Waals surface area contributed by atoms with Crippen LogP contribution in [-0.4, -0.2) is 20.2 Å². The molecule has 0 saturated carbocycles. The summed E-state index contributed by atoms with van der Waals surface area (Å²) in [6.45, 7) is 2.17. The number of imidazole rings is 1. The van der Waals surface area contributed by atoms with Gasteiger partial charge in [0.05, 0.1) is 16.6 Å². The largest absolute Gasteiger partial charge is 0.382 e. The van der Waals surface area contributed by atoms with Crippen molar-refractivity contribution < 1.29 is 0 Å². The molecule has 0 aliphatic rings. The molecule has 0 aliphatic carbocycles. The highest BCUT2D eigenvalue weighted by molar-refractivity contribution is 5.82. The average Bonchev–Trinajstić information content (AvgIpc) is 2.99. The number of para-hydroxylation sites is 2. The fourth-order valence-corrected chi connectivity index (χ4v) is 2.26. The van der Waals surface area contributed by atoms with E-state index < -0.39 is 0 Å². The third kappa shape index (κ3) is 2.07. The molecule has 0 atom stereocenters. The number of nitrogen functional groups attached to an aromatic ring is 1. The molecule has 3 rings (SSSR count). The maximum Gasteiger partial charge on any atom is 0.156 e. The molecule has 0 unspecified atom stereocenters. The predicted molar refractivity (Wildman–Crippen MR) is 76.7 cm³/mol. The van der Waals surface area contributed by atoms with Gasteiger partial charge in [-0.2, -0.15) is 5.10 Å². The Morgan fingerprint density at radius 1 is 1.26 bits per heavy atom. The second-order valence-electron chi connectivity index (χ2n) is 4.67. The normalized spacial score (nSPS) is 11.2. The van der Waals surface area contributed by atoms with Crippen molar-refractivity contribution in [3.05, 3.63) is 30.0 Å². The number of hydrogen-bond acceptors (Lipinski definition) is 3. The molecular weight excluding hydrogens is 238 g/mol. The van der Waals surface area contributed by atoms with E-state index in [-0.39, 0.29) is 0 Å². The Morgan fingerprint density at radius 3 is 2.89 bits per heavy atom. The molecular formula is C14H17N5. The zero-order valence-electron chi connectivity index (χ0n) is 10.9. The molecule has 98 valence electrons. The summed E-state index contributed by atoms with van der Waals surface area (Å²) in [4.78, 5) is 7.89. The van der Waals surface area contributed by atoms with Gasteiger partial charge in [0.15, 0.2) is 5.82 Å². The number of aromatic nitrogens is 4. The summed E-state index contributed by atoms with van der Waals surface area (Å²) in [7, 11) is 0. The Labute approximate surface area is 111 Å². The Balaban J connectivity index is 2.07. The lowest BCUT2D eigenvalue weighted by atomic mass is 10.1. The van der Waals surface area contributed by atoms with Gasteiger partial charge in [0.25, 0.3) is 0 Å². The third-order valence-electron chi connectivity index (χ3n) is 3.28. The van der Waals surface area contributed by atoms with Crippen molar-refractivity contribution in [2.24, 2.45) is 0 Å². The van der Waals surface area contributed by atoms with Gasteiger partial charge in [-0.1, -0.05) is 25.5 Å². The molecule has 0 amide bonds. The Kier molecular flexibility index (Phi) is 2.95. The van der Waals surface area contributed by atoms with Gasteiger partial charge < -0.3 is 10.7 Å². The molecule has 0 aliphatic heterocycles. The summed E-state index contributed by atoms with van der Waals surface area (Å²) in [5, 5.41) is 7.13. The van der Waals surface area contributed by atoms with Crippen LogP contribution in [0, 0.1) is 0 Å². The van der Waals surface area contributed by atoms with Gasteiger partial charge in [-0.25, -0.2) is 4.98 Å². The van der Waals surface area contributed by atoms with E-state index in [2.05, 4.69) is 27.1 Å². The number of nitrogens with two attached hydrogens (primary N) is 1. The number of nitrogens with zero attached hydrogens (tertiary/aromatic N) is 2. The number of benzene rings is 1.